The summed E-state index contributed by atoms with van der Waals surface area (Å²) in [4.78, 5) is 11.3. The third-order valence-electron chi connectivity index (χ3n) is 2.00. The second kappa shape index (κ2) is 7.30. The third-order valence-corrected chi connectivity index (χ3v) is 2.94. The Bertz CT molecular complexity index is 518. The minimum atomic E-state index is -5.74. The molecule has 5 nitrogen and oxygen atoms in total. The first-order chi connectivity index (χ1) is 8.24. The molecule has 0 aliphatic heterocycles. The van der Waals surface area contributed by atoms with Crippen LogP contribution in [-0.4, -0.2) is 30.8 Å². The Morgan fingerprint density at radius 3 is 2.26 bits per heavy atom. The van der Waals surface area contributed by atoms with Crippen molar-refractivity contribution in [3.63, 3.8) is 0 Å². The molecule has 1 rings (SSSR count). The number of carbonyl (C=O) groups excluding carboxylic acids is 1. The fourth-order valence-electron chi connectivity index (χ4n) is 1.05. The van der Waals surface area contributed by atoms with Gasteiger partial charge in [0.05, 0.1) is 18.6 Å². The second-order valence-corrected chi connectivity index (χ2v) is 4.85. The summed E-state index contributed by atoms with van der Waals surface area (Å²) < 4.78 is 60.3. The summed E-state index contributed by atoms with van der Waals surface area (Å²) in [7, 11) is -5.74. The number of alkyl halides is 2. The maximum Gasteiger partial charge on any atom is 1.00 e. The van der Waals surface area contributed by atoms with Gasteiger partial charge in [0.1, 0.15) is 0 Å². The third kappa shape index (κ3) is 5.53. The minimum Gasteiger partial charge on any atom is -0.743 e. The molecule has 0 aliphatic rings. The van der Waals surface area contributed by atoms with Crippen LogP contribution in [0.25, 0.3) is 0 Å². The van der Waals surface area contributed by atoms with Crippen LogP contribution in [0.1, 0.15) is 16.8 Å². The Kier molecular flexibility index (Phi) is 7.09. The van der Waals surface area contributed by atoms with Crippen molar-refractivity contribution in [1.82, 2.24) is 0 Å². The first-order valence-electron chi connectivity index (χ1n) is 4.79. The Morgan fingerprint density at radius 1 is 1.26 bits per heavy atom. The average Bonchev–Trinajstić information content (AvgIpc) is 2.28. The monoisotopic (exact) mass is 302 g/mol. The molecular weight excluding hydrogens is 293 g/mol. The standard InChI is InChI=1S/C10H10F2O5S.Na/c11-10(12,18(14,15)16)6-7-17-9(13)8-4-2-1-3-5-8;/h1-5H,6-7H2,(H,14,15,16);/q;+1/p-1. The zero-order chi connectivity index (χ0) is 13.8. The molecule has 0 N–H and O–H groups in total. The fourth-order valence-corrected chi connectivity index (χ4v) is 1.38. The van der Waals surface area contributed by atoms with E-state index in [2.05, 4.69) is 4.74 Å². The van der Waals surface area contributed by atoms with Crippen molar-refractivity contribution in [1.29, 1.82) is 0 Å². The van der Waals surface area contributed by atoms with Crippen molar-refractivity contribution >= 4 is 16.1 Å². The average molecular weight is 302 g/mol. The van der Waals surface area contributed by atoms with Gasteiger partial charge in [-0.15, -0.1) is 0 Å². The molecule has 9 heteroatoms. The van der Waals surface area contributed by atoms with Crippen LogP contribution in [0.4, 0.5) is 8.78 Å². The number of benzene rings is 1. The van der Waals surface area contributed by atoms with E-state index in [4.69, 9.17) is 0 Å². The Hall–Kier alpha value is -0.540. The minimum absolute atomic E-state index is 0. The van der Waals surface area contributed by atoms with Crippen LogP contribution in [0.3, 0.4) is 0 Å². The summed E-state index contributed by atoms with van der Waals surface area (Å²) in [6, 6.07) is 7.56. The molecule has 0 radical (unpaired) electrons. The van der Waals surface area contributed by atoms with Gasteiger partial charge in [0.15, 0.2) is 10.1 Å². The Labute approximate surface area is 131 Å². The van der Waals surface area contributed by atoms with E-state index in [1.165, 1.54) is 12.1 Å². The van der Waals surface area contributed by atoms with Crippen molar-refractivity contribution in [2.75, 3.05) is 6.61 Å². The van der Waals surface area contributed by atoms with Crippen LogP contribution in [0.15, 0.2) is 30.3 Å². The summed E-state index contributed by atoms with van der Waals surface area (Å²) in [5.41, 5.74) is 0.144. The van der Waals surface area contributed by atoms with Crippen LogP contribution in [0.5, 0.6) is 0 Å². The van der Waals surface area contributed by atoms with Crippen LogP contribution in [-0.2, 0) is 14.9 Å². The van der Waals surface area contributed by atoms with Gasteiger partial charge >= 0.3 is 40.8 Å². The molecule has 1 aromatic rings. The molecule has 19 heavy (non-hydrogen) atoms. The van der Waals surface area contributed by atoms with Gasteiger partial charge in [-0.3, -0.25) is 0 Å². The number of carbonyl (C=O) groups is 1. The van der Waals surface area contributed by atoms with E-state index in [1.807, 2.05) is 0 Å². The molecule has 0 saturated carbocycles. The van der Waals surface area contributed by atoms with Crippen LogP contribution < -0.4 is 29.6 Å². The topological polar surface area (TPSA) is 83.5 Å². The number of ether oxygens (including phenoxy) is 1. The van der Waals surface area contributed by atoms with E-state index in [9.17, 15) is 26.5 Å². The fraction of sp³-hybridized carbons (Fsp3) is 0.300. The Morgan fingerprint density at radius 2 is 1.79 bits per heavy atom. The molecule has 0 heterocycles. The van der Waals surface area contributed by atoms with E-state index >= 15 is 0 Å². The van der Waals surface area contributed by atoms with Crippen molar-refractivity contribution in [2.45, 2.75) is 11.7 Å². The van der Waals surface area contributed by atoms with Gasteiger partial charge in [-0.1, -0.05) is 18.2 Å². The quantitative estimate of drug-likeness (QED) is 0.371. The largest absolute Gasteiger partial charge is 1.00 e. The number of halogens is 2. The molecule has 0 aromatic heterocycles. The SMILES string of the molecule is O=C(OCCC(F)(F)S(=O)(=O)[O-])c1ccccc1.[Na+]. The summed E-state index contributed by atoms with van der Waals surface area (Å²) in [5.74, 6) is -0.866. The summed E-state index contributed by atoms with van der Waals surface area (Å²) >= 11 is 0. The van der Waals surface area contributed by atoms with Crippen molar-refractivity contribution in [2.24, 2.45) is 0 Å². The van der Waals surface area contributed by atoms with Gasteiger partial charge in [0.2, 0.25) is 0 Å². The van der Waals surface area contributed by atoms with E-state index in [0.717, 1.165) is 0 Å². The molecule has 0 amide bonds. The maximum absolute atomic E-state index is 12.7. The molecule has 0 fully saturated rings. The first-order valence-corrected chi connectivity index (χ1v) is 6.20. The summed E-state index contributed by atoms with van der Waals surface area (Å²) in [5, 5.41) is -4.44. The molecule has 0 aliphatic carbocycles. The number of esters is 1. The molecule has 1 aromatic carbocycles. The van der Waals surface area contributed by atoms with Gasteiger partial charge in [0, 0.05) is 0 Å². The van der Waals surface area contributed by atoms with E-state index in [0.29, 0.717) is 0 Å². The van der Waals surface area contributed by atoms with Gasteiger partial charge in [0.25, 0.3) is 0 Å². The van der Waals surface area contributed by atoms with E-state index < -0.39 is 34.4 Å². The number of hydrogen-bond acceptors (Lipinski definition) is 5. The summed E-state index contributed by atoms with van der Waals surface area (Å²) in [6.45, 7) is -0.859. The molecular formula is C10H9F2NaO5S. The van der Waals surface area contributed by atoms with Crippen molar-refractivity contribution in [3.05, 3.63) is 35.9 Å². The van der Waals surface area contributed by atoms with E-state index in [-0.39, 0.29) is 35.1 Å². The second-order valence-electron chi connectivity index (χ2n) is 3.34. The predicted octanol–water partition coefficient (Wildman–Crippen LogP) is -1.62. The van der Waals surface area contributed by atoms with Gasteiger partial charge in [-0.2, -0.15) is 8.78 Å². The predicted molar refractivity (Wildman–Crippen MR) is 56.0 cm³/mol. The number of rotatable bonds is 5. The molecule has 0 unspecified atom stereocenters. The zero-order valence-corrected chi connectivity index (χ0v) is 12.8. The zero-order valence-electron chi connectivity index (χ0n) is 10.0. The van der Waals surface area contributed by atoms with Crippen molar-refractivity contribution in [3.8, 4) is 0 Å². The maximum atomic E-state index is 12.7. The molecule has 0 atom stereocenters. The van der Waals surface area contributed by atoms with Crippen LogP contribution in [0, 0.1) is 0 Å². The van der Waals surface area contributed by atoms with Gasteiger partial charge in [-0.25, -0.2) is 13.2 Å². The summed E-state index contributed by atoms with van der Waals surface area (Å²) in [6.07, 6.45) is -1.36. The Balaban J connectivity index is 0.00000324. The normalized spacial score (nSPS) is 11.5. The number of hydrogen-bond donors (Lipinski definition) is 0. The van der Waals surface area contributed by atoms with Gasteiger partial charge < -0.3 is 9.29 Å². The molecule has 0 spiro atoms. The smallest absolute Gasteiger partial charge is 0.743 e. The molecule has 0 bridgehead atoms. The molecule has 0 saturated heterocycles. The first kappa shape index (κ1) is 18.5. The van der Waals surface area contributed by atoms with Gasteiger partial charge in [-0.05, 0) is 12.1 Å². The van der Waals surface area contributed by atoms with E-state index in [1.54, 1.807) is 18.2 Å². The molecule has 100 valence electrons. The van der Waals surface area contributed by atoms with Crippen molar-refractivity contribution < 1.29 is 60.8 Å². The van der Waals surface area contributed by atoms with Crippen LogP contribution >= 0.6 is 0 Å². The van der Waals surface area contributed by atoms with Crippen LogP contribution in [0.2, 0.25) is 0 Å².